The number of hydrogen-bond acceptors (Lipinski definition) is 2. The van der Waals surface area contributed by atoms with Gasteiger partial charge in [0.25, 0.3) is 0 Å². The van der Waals surface area contributed by atoms with Crippen molar-refractivity contribution in [2.75, 3.05) is 6.54 Å². The predicted octanol–water partition coefficient (Wildman–Crippen LogP) is 3.19. The zero-order valence-electron chi connectivity index (χ0n) is 11.6. The van der Waals surface area contributed by atoms with Gasteiger partial charge in [-0.05, 0) is 51.0 Å². The molecule has 2 rings (SSSR count). The van der Waals surface area contributed by atoms with Crippen LogP contribution in [0.3, 0.4) is 0 Å². The van der Waals surface area contributed by atoms with E-state index in [1.165, 1.54) is 51.5 Å². The number of aliphatic hydroxyl groups is 1. The minimum Gasteiger partial charge on any atom is -0.391 e. The van der Waals surface area contributed by atoms with Crippen LogP contribution in [0.5, 0.6) is 0 Å². The summed E-state index contributed by atoms with van der Waals surface area (Å²) < 4.78 is 0. The molecule has 0 unspecified atom stereocenters. The minimum atomic E-state index is -0.0530. The summed E-state index contributed by atoms with van der Waals surface area (Å²) >= 11 is 0. The van der Waals surface area contributed by atoms with Gasteiger partial charge in [0.2, 0.25) is 0 Å². The van der Waals surface area contributed by atoms with Gasteiger partial charge in [-0.1, -0.05) is 26.7 Å². The predicted molar refractivity (Wildman–Crippen MR) is 72.1 cm³/mol. The Morgan fingerprint density at radius 2 is 1.76 bits per heavy atom. The maximum atomic E-state index is 10.1. The molecule has 2 nitrogen and oxygen atoms in total. The van der Waals surface area contributed by atoms with Gasteiger partial charge in [0.05, 0.1) is 6.10 Å². The van der Waals surface area contributed by atoms with Crippen molar-refractivity contribution in [1.29, 1.82) is 0 Å². The Kier molecular flexibility index (Phi) is 4.87. The molecule has 2 aliphatic rings. The van der Waals surface area contributed by atoms with Gasteiger partial charge in [0.15, 0.2) is 0 Å². The number of aliphatic hydroxyl groups excluding tert-OH is 1. The molecule has 2 atom stereocenters. The van der Waals surface area contributed by atoms with Gasteiger partial charge in [-0.15, -0.1) is 0 Å². The molecular formula is C15H29NO. The van der Waals surface area contributed by atoms with Gasteiger partial charge < -0.3 is 5.11 Å². The van der Waals surface area contributed by atoms with Crippen LogP contribution in [0.25, 0.3) is 0 Å². The van der Waals surface area contributed by atoms with Crippen LogP contribution < -0.4 is 0 Å². The third-order valence-electron chi connectivity index (χ3n) is 4.63. The fourth-order valence-corrected chi connectivity index (χ4v) is 3.57. The number of rotatable bonds is 5. The summed E-state index contributed by atoms with van der Waals surface area (Å²) in [7, 11) is 0. The molecule has 0 aromatic heterocycles. The lowest BCUT2D eigenvalue weighted by Crippen LogP contribution is -2.46. The maximum absolute atomic E-state index is 10.1. The van der Waals surface area contributed by atoms with Crippen molar-refractivity contribution in [1.82, 2.24) is 4.90 Å². The molecule has 0 heterocycles. The molecule has 2 saturated carbocycles. The molecule has 0 bridgehead atoms. The van der Waals surface area contributed by atoms with Gasteiger partial charge in [-0.2, -0.15) is 0 Å². The van der Waals surface area contributed by atoms with Crippen molar-refractivity contribution in [2.24, 2.45) is 5.92 Å². The molecule has 2 aliphatic carbocycles. The molecule has 0 aromatic carbocycles. The van der Waals surface area contributed by atoms with Gasteiger partial charge in [-0.25, -0.2) is 0 Å². The third-order valence-corrected chi connectivity index (χ3v) is 4.63. The van der Waals surface area contributed by atoms with Crippen molar-refractivity contribution in [2.45, 2.75) is 83.4 Å². The van der Waals surface area contributed by atoms with Crippen LogP contribution in [0.1, 0.15) is 65.2 Å². The van der Waals surface area contributed by atoms with E-state index in [0.717, 1.165) is 18.4 Å². The molecule has 0 saturated heterocycles. The Hall–Kier alpha value is -0.0800. The van der Waals surface area contributed by atoms with Crippen molar-refractivity contribution < 1.29 is 5.11 Å². The Bertz CT molecular complexity index is 223. The first-order valence-corrected chi connectivity index (χ1v) is 7.62. The summed E-state index contributed by atoms with van der Waals surface area (Å²) in [5.74, 6) is 0.775. The van der Waals surface area contributed by atoms with Crippen LogP contribution in [0.4, 0.5) is 0 Å². The molecule has 0 amide bonds. The molecule has 100 valence electrons. The van der Waals surface area contributed by atoms with Crippen molar-refractivity contribution in [3.05, 3.63) is 0 Å². The molecule has 0 radical (unpaired) electrons. The first kappa shape index (κ1) is 13.4. The van der Waals surface area contributed by atoms with E-state index in [4.69, 9.17) is 0 Å². The second-order valence-corrected chi connectivity index (χ2v) is 6.42. The van der Waals surface area contributed by atoms with Crippen LogP contribution in [0.2, 0.25) is 0 Å². The van der Waals surface area contributed by atoms with Crippen molar-refractivity contribution >= 4 is 0 Å². The van der Waals surface area contributed by atoms with E-state index >= 15 is 0 Å². The minimum absolute atomic E-state index is 0.0530. The van der Waals surface area contributed by atoms with Crippen molar-refractivity contribution in [3.8, 4) is 0 Å². The van der Waals surface area contributed by atoms with E-state index in [1.54, 1.807) is 0 Å². The van der Waals surface area contributed by atoms with Gasteiger partial charge >= 0.3 is 0 Å². The highest BCUT2D eigenvalue weighted by atomic mass is 16.3. The van der Waals surface area contributed by atoms with Crippen molar-refractivity contribution in [3.63, 3.8) is 0 Å². The summed E-state index contributed by atoms with van der Waals surface area (Å²) in [6, 6.07) is 1.24. The van der Waals surface area contributed by atoms with Crippen LogP contribution in [0, 0.1) is 5.92 Å². The number of hydrogen-bond donors (Lipinski definition) is 1. The highest BCUT2D eigenvalue weighted by Gasteiger charge is 2.35. The lowest BCUT2D eigenvalue weighted by atomic mass is 10.0. The van der Waals surface area contributed by atoms with Crippen LogP contribution in [-0.2, 0) is 0 Å². The Morgan fingerprint density at radius 1 is 1.06 bits per heavy atom. The average molecular weight is 239 g/mol. The largest absolute Gasteiger partial charge is 0.391 e. The summed E-state index contributed by atoms with van der Waals surface area (Å²) in [6.07, 6.45) is 10.2. The molecule has 2 fully saturated rings. The molecule has 2 heteroatoms. The molecular weight excluding hydrogens is 210 g/mol. The van der Waals surface area contributed by atoms with E-state index in [9.17, 15) is 5.11 Å². The van der Waals surface area contributed by atoms with Gasteiger partial charge in [0, 0.05) is 12.1 Å². The summed E-state index contributed by atoms with van der Waals surface area (Å²) in [5, 5.41) is 10.1. The summed E-state index contributed by atoms with van der Waals surface area (Å²) in [5.41, 5.74) is 0. The van der Waals surface area contributed by atoms with E-state index in [-0.39, 0.29) is 6.10 Å². The molecule has 0 aromatic rings. The highest BCUT2D eigenvalue weighted by molar-refractivity contribution is 4.90. The van der Waals surface area contributed by atoms with Crippen LogP contribution in [-0.4, -0.2) is 34.7 Å². The monoisotopic (exact) mass is 239 g/mol. The van der Waals surface area contributed by atoms with E-state index in [0.29, 0.717) is 6.04 Å². The SMILES string of the molecule is CC(C)CCN(C1CCCC1)[C@@H]1CCC[C@H]1O. The van der Waals surface area contributed by atoms with Gasteiger partial charge in [-0.3, -0.25) is 4.90 Å². The topological polar surface area (TPSA) is 23.5 Å². The quantitative estimate of drug-likeness (QED) is 0.796. The highest BCUT2D eigenvalue weighted by Crippen LogP contribution is 2.32. The second kappa shape index (κ2) is 6.19. The molecule has 17 heavy (non-hydrogen) atoms. The first-order chi connectivity index (χ1) is 8.18. The Labute approximate surface area is 106 Å². The van der Waals surface area contributed by atoms with E-state index < -0.39 is 0 Å². The molecule has 1 N–H and O–H groups in total. The first-order valence-electron chi connectivity index (χ1n) is 7.62. The summed E-state index contributed by atoms with van der Waals surface area (Å²) in [4.78, 5) is 2.67. The summed E-state index contributed by atoms with van der Waals surface area (Å²) in [6.45, 7) is 5.81. The number of nitrogens with zero attached hydrogens (tertiary/aromatic N) is 1. The normalized spacial score (nSPS) is 30.9. The lowest BCUT2D eigenvalue weighted by Gasteiger charge is -2.36. The van der Waals surface area contributed by atoms with Crippen LogP contribution >= 0.6 is 0 Å². The Balaban J connectivity index is 1.95. The van der Waals surface area contributed by atoms with Crippen LogP contribution in [0.15, 0.2) is 0 Å². The fraction of sp³-hybridized carbons (Fsp3) is 1.00. The standard InChI is InChI=1S/C15H29NO/c1-12(2)10-11-16(13-6-3-4-7-13)14-8-5-9-15(14)17/h12-15,17H,3-11H2,1-2H3/t14-,15-/m1/s1. The molecule has 0 spiro atoms. The van der Waals surface area contributed by atoms with E-state index in [2.05, 4.69) is 18.7 Å². The third kappa shape index (κ3) is 3.45. The second-order valence-electron chi connectivity index (χ2n) is 6.42. The Morgan fingerprint density at radius 3 is 2.29 bits per heavy atom. The maximum Gasteiger partial charge on any atom is 0.0695 e. The smallest absolute Gasteiger partial charge is 0.0695 e. The van der Waals surface area contributed by atoms with E-state index in [1.807, 2.05) is 0 Å². The zero-order valence-corrected chi connectivity index (χ0v) is 11.6. The molecule has 0 aliphatic heterocycles. The lowest BCUT2D eigenvalue weighted by molar-refractivity contribution is 0.0411. The average Bonchev–Trinajstić information content (AvgIpc) is 2.91. The zero-order chi connectivity index (χ0) is 12.3. The fourth-order valence-electron chi connectivity index (χ4n) is 3.57. The van der Waals surface area contributed by atoms with Gasteiger partial charge in [0.1, 0.15) is 0 Å².